The summed E-state index contributed by atoms with van der Waals surface area (Å²) < 4.78 is 5.84. The number of benzene rings is 2. The normalized spacial score (nSPS) is 14.7. The van der Waals surface area contributed by atoms with E-state index in [-0.39, 0.29) is 0 Å². The smallest absolute Gasteiger partial charge is 0.227 e. The van der Waals surface area contributed by atoms with Crippen molar-refractivity contribution in [1.82, 2.24) is 14.9 Å². The average Bonchev–Trinajstić information content (AvgIpc) is 2.76. The molecule has 1 aliphatic heterocycles. The summed E-state index contributed by atoms with van der Waals surface area (Å²) in [5, 5.41) is 3.35. The summed E-state index contributed by atoms with van der Waals surface area (Å²) >= 11 is 0. The monoisotopic (exact) mass is 375 g/mol. The van der Waals surface area contributed by atoms with E-state index in [1.807, 2.05) is 66.9 Å². The van der Waals surface area contributed by atoms with Gasteiger partial charge < -0.3 is 19.9 Å². The lowest BCUT2D eigenvalue weighted by Crippen LogP contribution is -2.46. The van der Waals surface area contributed by atoms with Crippen LogP contribution in [0.3, 0.4) is 0 Å². The molecule has 0 atom stereocenters. The summed E-state index contributed by atoms with van der Waals surface area (Å²) in [5.74, 6) is 3.20. The Morgan fingerprint density at radius 2 is 1.61 bits per heavy atom. The van der Waals surface area contributed by atoms with Crippen molar-refractivity contribution < 1.29 is 4.74 Å². The summed E-state index contributed by atoms with van der Waals surface area (Å²) in [6.07, 6.45) is 1.81. The average molecular weight is 375 g/mol. The van der Waals surface area contributed by atoms with E-state index in [1.54, 1.807) is 0 Å². The maximum Gasteiger partial charge on any atom is 0.227 e. The molecule has 28 heavy (non-hydrogen) atoms. The number of aromatic nitrogens is 2. The quantitative estimate of drug-likeness (QED) is 0.698. The van der Waals surface area contributed by atoms with Gasteiger partial charge in [0.1, 0.15) is 17.3 Å². The van der Waals surface area contributed by atoms with Gasteiger partial charge in [0, 0.05) is 38.1 Å². The minimum Gasteiger partial charge on any atom is -0.457 e. The summed E-state index contributed by atoms with van der Waals surface area (Å²) in [5.41, 5.74) is 0.959. The van der Waals surface area contributed by atoms with Crippen molar-refractivity contribution in [2.45, 2.75) is 6.92 Å². The first kappa shape index (κ1) is 18.3. The molecule has 144 valence electrons. The Hall–Kier alpha value is -3.12. The Labute approximate surface area is 165 Å². The highest BCUT2D eigenvalue weighted by Crippen LogP contribution is 2.24. The summed E-state index contributed by atoms with van der Waals surface area (Å²) in [4.78, 5) is 13.8. The number of rotatable bonds is 6. The first-order valence-electron chi connectivity index (χ1n) is 9.70. The van der Waals surface area contributed by atoms with Crippen molar-refractivity contribution in [3.05, 3.63) is 66.9 Å². The van der Waals surface area contributed by atoms with Crippen LogP contribution in [0.25, 0.3) is 0 Å². The Morgan fingerprint density at radius 3 is 2.32 bits per heavy atom. The number of para-hydroxylation sites is 1. The van der Waals surface area contributed by atoms with E-state index in [1.165, 1.54) is 0 Å². The Bertz CT molecular complexity index is 877. The van der Waals surface area contributed by atoms with Gasteiger partial charge in [0.15, 0.2) is 0 Å². The Morgan fingerprint density at radius 1 is 0.893 bits per heavy atom. The Kier molecular flexibility index (Phi) is 5.68. The van der Waals surface area contributed by atoms with E-state index in [0.29, 0.717) is 0 Å². The number of piperazine rings is 1. The summed E-state index contributed by atoms with van der Waals surface area (Å²) in [7, 11) is 0. The first-order chi connectivity index (χ1) is 13.8. The molecule has 0 unspecified atom stereocenters. The highest BCUT2D eigenvalue weighted by molar-refractivity contribution is 5.58. The van der Waals surface area contributed by atoms with Crippen LogP contribution in [0, 0.1) is 0 Å². The van der Waals surface area contributed by atoms with E-state index in [9.17, 15) is 0 Å². The Balaban J connectivity index is 1.39. The minimum atomic E-state index is 0.782. The molecule has 0 aliphatic carbocycles. The molecule has 2 heterocycles. The summed E-state index contributed by atoms with van der Waals surface area (Å²) in [6, 6.07) is 19.5. The van der Waals surface area contributed by atoms with Crippen LogP contribution < -0.4 is 15.0 Å². The van der Waals surface area contributed by atoms with Crippen molar-refractivity contribution in [3.63, 3.8) is 0 Å². The van der Waals surface area contributed by atoms with E-state index in [4.69, 9.17) is 4.74 Å². The van der Waals surface area contributed by atoms with Gasteiger partial charge in [0.2, 0.25) is 5.95 Å². The molecule has 1 fully saturated rings. The number of anilines is 3. The van der Waals surface area contributed by atoms with Crippen LogP contribution in [0.4, 0.5) is 17.5 Å². The molecular formula is C22H25N5O. The number of nitrogens with one attached hydrogen (secondary N) is 1. The minimum absolute atomic E-state index is 0.782. The second kappa shape index (κ2) is 8.71. The van der Waals surface area contributed by atoms with Crippen LogP contribution >= 0.6 is 0 Å². The molecule has 1 N–H and O–H groups in total. The van der Waals surface area contributed by atoms with Crippen LogP contribution in [0.1, 0.15) is 6.92 Å². The maximum absolute atomic E-state index is 5.84. The number of ether oxygens (including phenoxy) is 1. The predicted octanol–water partition coefficient (Wildman–Crippen LogP) is 4.15. The van der Waals surface area contributed by atoms with Crippen molar-refractivity contribution in [2.75, 3.05) is 42.9 Å². The molecule has 1 aliphatic rings. The van der Waals surface area contributed by atoms with Gasteiger partial charge in [-0.1, -0.05) is 25.1 Å². The van der Waals surface area contributed by atoms with Crippen LogP contribution in [0.5, 0.6) is 11.5 Å². The zero-order valence-electron chi connectivity index (χ0n) is 16.1. The molecule has 4 rings (SSSR count). The summed E-state index contributed by atoms with van der Waals surface area (Å²) in [6.45, 7) is 7.33. The van der Waals surface area contributed by atoms with Gasteiger partial charge >= 0.3 is 0 Å². The number of hydrogen-bond donors (Lipinski definition) is 1. The van der Waals surface area contributed by atoms with E-state index >= 15 is 0 Å². The topological polar surface area (TPSA) is 53.5 Å². The van der Waals surface area contributed by atoms with Gasteiger partial charge in [-0.15, -0.1) is 0 Å². The van der Waals surface area contributed by atoms with Crippen LogP contribution in [0.15, 0.2) is 66.9 Å². The maximum atomic E-state index is 5.84. The highest BCUT2D eigenvalue weighted by Gasteiger charge is 2.17. The predicted molar refractivity (Wildman–Crippen MR) is 113 cm³/mol. The molecule has 6 heteroatoms. The lowest BCUT2D eigenvalue weighted by molar-refractivity contribution is 0.270. The number of likely N-dealkylation sites (N-methyl/N-ethyl adjacent to an activating group) is 1. The lowest BCUT2D eigenvalue weighted by atomic mass is 10.3. The molecule has 0 saturated carbocycles. The second-order valence-electron chi connectivity index (χ2n) is 6.73. The lowest BCUT2D eigenvalue weighted by Gasteiger charge is -2.34. The van der Waals surface area contributed by atoms with Gasteiger partial charge in [-0.25, -0.2) is 4.98 Å². The van der Waals surface area contributed by atoms with Crippen molar-refractivity contribution in [3.8, 4) is 11.5 Å². The van der Waals surface area contributed by atoms with E-state index in [0.717, 1.165) is 61.7 Å². The van der Waals surface area contributed by atoms with Crippen molar-refractivity contribution in [1.29, 1.82) is 0 Å². The molecule has 6 nitrogen and oxygen atoms in total. The highest BCUT2D eigenvalue weighted by atomic mass is 16.5. The molecule has 0 bridgehead atoms. The fourth-order valence-electron chi connectivity index (χ4n) is 3.21. The van der Waals surface area contributed by atoms with E-state index in [2.05, 4.69) is 32.0 Å². The van der Waals surface area contributed by atoms with Crippen molar-refractivity contribution in [2.24, 2.45) is 0 Å². The third-order valence-corrected chi connectivity index (χ3v) is 4.85. The molecule has 1 aromatic heterocycles. The number of nitrogens with zero attached hydrogens (tertiary/aromatic N) is 4. The van der Waals surface area contributed by atoms with Crippen molar-refractivity contribution >= 4 is 17.5 Å². The van der Waals surface area contributed by atoms with E-state index < -0.39 is 0 Å². The molecular weight excluding hydrogens is 350 g/mol. The molecule has 0 radical (unpaired) electrons. The SMILES string of the molecule is CCN1CCN(c2nccc(Nc3ccc(Oc4ccccc4)cc3)n2)CC1. The van der Waals surface area contributed by atoms with Gasteiger partial charge in [0.25, 0.3) is 0 Å². The number of hydrogen-bond acceptors (Lipinski definition) is 6. The largest absolute Gasteiger partial charge is 0.457 e. The molecule has 1 saturated heterocycles. The van der Waals surface area contributed by atoms with Gasteiger partial charge in [-0.05, 0) is 49.0 Å². The second-order valence-corrected chi connectivity index (χ2v) is 6.73. The first-order valence-corrected chi connectivity index (χ1v) is 9.70. The van der Waals surface area contributed by atoms with Gasteiger partial charge in [0.05, 0.1) is 0 Å². The molecule has 0 spiro atoms. The zero-order chi connectivity index (χ0) is 19.2. The fraction of sp³-hybridized carbons (Fsp3) is 0.273. The van der Waals surface area contributed by atoms with Crippen LogP contribution in [-0.2, 0) is 0 Å². The third kappa shape index (κ3) is 4.58. The zero-order valence-corrected chi connectivity index (χ0v) is 16.1. The van der Waals surface area contributed by atoms with Gasteiger partial charge in [-0.3, -0.25) is 0 Å². The van der Waals surface area contributed by atoms with Crippen LogP contribution in [0.2, 0.25) is 0 Å². The third-order valence-electron chi connectivity index (χ3n) is 4.85. The molecule has 2 aromatic carbocycles. The standard InChI is InChI=1S/C22H25N5O/c1-2-26-14-16-27(17-15-26)22-23-13-12-21(25-22)24-18-8-10-20(11-9-18)28-19-6-4-3-5-7-19/h3-13H,2,14-17H2,1H3,(H,23,24,25). The molecule has 3 aromatic rings. The van der Waals surface area contributed by atoms with Crippen LogP contribution in [-0.4, -0.2) is 47.6 Å². The fourth-order valence-corrected chi connectivity index (χ4v) is 3.21. The van der Waals surface area contributed by atoms with Gasteiger partial charge in [-0.2, -0.15) is 4.98 Å². The molecule has 0 amide bonds.